The first kappa shape index (κ1) is 17.2. The number of rotatable bonds is 4. The maximum absolute atomic E-state index is 9.37. The third-order valence-electron chi connectivity index (χ3n) is 4.55. The van der Waals surface area contributed by atoms with Crippen molar-refractivity contribution < 1.29 is 24.2 Å². The van der Waals surface area contributed by atoms with E-state index in [1.54, 1.807) is 0 Å². The fourth-order valence-electron chi connectivity index (χ4n) is 3.18. The molecule has 0 aliphatic carbocycles. The minimum Gasteiger partial charge on any atom is -0.411 e. The lowest BCUT2D eigenvalue weighted by atomic mass is 10.0. The Kier molecular flexibility index (Phi) is 5.26. The molecule has 2 aliphatic heterocycles. The molecule has 6 nitrogen and oxygen atoms in total. The van der Waals surface area contributed by atoms with Gasteiger partial charge < -0.3 is 24.2 Å². The molecule has 4 atom stereocenters. The molecule has 2 fully saturated rings. The highest BCUT2D eigenvalue weighted by Gasteiger charge is 2.42. The summed E-state index contributed by atoms with van der Waals surface area (Å²) in [5.74, 6) is 0. The van der Waals surface area contributed by atoms with E-state index in [9.17, 15) is 5.21 Å². The van der Waals surface area contributed by atoms with Gasteiger partial charge in [-0.2, -0.15) is 0 Å². The molecule has 2 saturated heterocycles. The predicted octanol–water partition coefficient (Wildman–Crippen LogP) is 3.26. The van der Waals surface area contributed by atoms with E-state index in [2.05, 4.69) is 5.16 Å². The molecule has 0 saturated carbocycles. The zero-order chi connectivity index (χ0) is 17.8. The molecule has 0 amide bonds. The molecule has 1 N–H and O–H groups in total. The standard InChI is InChI=1S/C20H21NO5/c22-21-16-11-17-18(13-24-19(25-17)15-9-5-2-6-10-15)26-20(16)23-12-14-7-3-1-4-8-14/h1-10,17-20,22H,11-13H2/b21-16+/t17-,18+,19?,20-/m0/s1. The third kappa shape index (κ3) is 3.78. The topological polar surface area (TPSA) is 69.5 Å². The van der Waals surface area contributed by atoms with E-state index in [0.717, 1.165) is 11.1 Å². The molecule has 0 aromatic heterocycles. The second-order valence-corrected chi connectivity index (χ2v) is 6.35. The van der Waals surface area contributed by atoms with Crippen LogP contribution >= 0.6 is 0 Å². The van der Waals surface area contributed by atoms with Crippen molar-refractivity contribution in [3.8, 4) is 0 Å². The van der Waals surface area contributed by atoms with E-state index in [4.69, 9.17) is 18.9 Å². The van der Waals surface area contributed by atoms with Crippen molar-refractivity contribution in [2.45, 2.75) is 37.8 Å². The van der Waals surface area contributed by atoms with Crippen LogP contribution in [0.15, 0.2) is 65.8 Å². The van der Waals surface area contributed by atoms with Gasteiger partial charge in [0.05, 0.1) is 19.3 Å². The van der Waals surface area contributed by atoms with Crippen LogP contribution in [0.25, 0.3) is 0 Å². The van der Waals surface area contributed by atoms with Crippen LogP contribution in [0.5, 0.6) is 0 Å². The van der Waals surface area contributed by atoms with Gasteiger partial charge in [-0.3, -0.25) is 0 Å². The zero-order valence-electron chi connectivity index (χ0n) is 14.2. The lowest BCUT2D eigenvalue weighted by Gasteiger charge is -2.41. The molecular formula is C20H21NO5. The van der Waals surface area contributed by atoms with E-state index in [0.29, 0.717) is 25.3 Å². The number of hydrogen-bond acceptors (Lipinski definition) is 6. The van der Waals surface area contributed by atoms with E-state index >= 15 is 0 Å². The summed E-state index contributed by atoms with van der Waals surface area (Å²) in [4.78, 5) is 0. The normalized spacial score (nSPS) is 30.1. The Bertz CT molecular complexity index is 736. The van der Waals surface area contributed by atoms with Gasteiger partial charge in [0.2, 0.25) is 6.29 Å². The third-order valence-corrected chi connectivity index (χ3v) is 4.55. The molecule has 2 aromatic carbocycles. The second kappa shape index (κ2) is 7.97. The first-order valence-electron chi connectivity index (χ1n) is 8.67. The SMILES string of the molecule is O/N=C1\C[C@@H]2OC(c3ccccc3)OC[C@H]2O[C@@H]1OCc1ccccc1. The summed E-state index contributed by atoms with van der Waals surface area (Å²) in [5.41, 5.74) is 2.41. The zero-order valence-corrected chi connectivity index (χ0v) is 14.2. The number of nitrogens with zero attached hydrogens (tertiary/aromatic N) is 1. The van der Waals surface area contributed by atoms with Crippen LogP contribution in [-0.4, -0.2) is 36.0 Å². The Morgan fingerprint density at radius 2 is 1.69 bits per heavy atom. The Hall–Kier alpha value is -2.25. The highest BCUT2D eigenvalue weighted by molar-refractivity contribution is 5.88. The van der Waals surface area contributed by atoms with Gasteiger partial charge in [0.15, 0.2) is 6.29 Å². The van der Waals surface area contributed by atoms with Crippen LogP contribution in [0.2, 0.25) is 0 Å². The molecule has 136 valence electrons. The first-order valence-corrected chi connectivity index (χ1v) is 8.67. The maximum Gasteiger partial charge on any atom is 0.201 e. The van der Waals surface area contributed by atoms with E-state index < -0.39 is 12.6 Å². The summed E-state index contributed by atoms with van der Waals surface area (Å²) in [5, 5.41) is 12.7. The first-order chi connectivity index (χ1) is 12.8. The van der Waals surface area contributed by atoms with Gasteiger partial charge in [-0.05, 0) is 5.56 Å². The van der Waals surface area contributed by atoms with Crippen molar-refractivity contribution in [1.82, 2.24) is 0 Å². The quantitative estimate of drug-likeness (QED) is 0.673. The second-order valence-electron chi connectivity index (χ2n) is 6.35. The van der Waals surface area contributed by atoms with Crippen molar-refractivity contribution in [2.24, 2.45) is 5.16 Å². The minimum absolute atomic E-state index is 0.239. The molecule has 6 heteroatoms. The molecule has 2 heterocycles. The molecule has 0 spiro atoms. The van der Waals surface area contributed by atoms with Crippen LogP contribution in [0.3, 0.4) is 0 Å². The number of ether oxygens (including phenoxy) is 4. The lowest BCUT2D eigenvalue weighted by molar-refractivity contribution is -0.294. The van der Waals surface area contributed by atoms with Gasteiger partial charge >= 0.3 is 0 Å². The Balaban J connectivity index is 1.39. The molecule has 0 radical (unpaired) electrons. The molecule has 1 unspecified atom stereocenters. The Morgan fingerprint density at radius 1 is 0.962 bits per heavy atom. The Labute approximate surface area is 151 Å². The molecule has 0 bridgehead atoms. The van der Waals surface area contributed by atoms with Crippen molar-refractivity contribution in [2.75, 3.05) is 6.61 Å². The maximum atomic E-state index is 9.37. The molecule has 4 rings (SSSR count). The smallest absolute Gasteiger partial charge is 0.201 e. The fourth-order valence-corrected chi connectivity index (χ4v) is 3.18. The number of fused-ring (bicyclic) bond motifs is 1. The van der Waals surface area contributed by atoms with Crippen molar-refractivity contribution in [1.29, 1.82) is 0 Å². The molecule has 2 aromatic rings. The van der Waals surface area contributed by atoms with E-state index in [1.165, 1.54) is 0 Å². The molecular weight excluding hydrogens is 334 g/mol. The van der Waals surface area contributed by atoms with Gasteiger partial charge in [0, 0.05) is 12.0 Å². The molecule has 2 aliphatic rings. The Morgan fingerprint density at radius 3 is 2.42 bits per heavy atom. The van der Waals surface area contributed by atoms with Crippen LogP contribution in [0.1, 0.15) is 23.8 Å². The van der Waals surface area contributed by atoms with Gasteiger partial charge in [-0.1, -0.05) is 65.8 Å². The summed E-state index contributed by atoms with van der Waals surface area (Å²) in [6, 6.07) is 19.5. The van der Waals surface area contributed by atoms with Crippen molar-refractivity contribution in [3.63, 3.8) is 0 Å². The number of oxime groups is 1. The predicted molar refractivity (Wildman–Crippen MR) is 93.7 cm³/mol. The lowest BCUT2D eigenvalue weighted by Crippen LogP contribution is -2.52. The highest BCUT2D eigenvalue weighted by Crippen LogP contribution is 2.33. The molecule has 26 heavy (non-hydrogen) atoms. The highest BCUT2D eigenvalue weighted by atomic mass is 16.7. The monoisotopic (exact) mass is 355 g/mol. The van der Waals surface area contributed by atoms with Crippen molar-refractivity contribution >= 4 is 5.71 Å². The average molecular weight is 355 g/mol. The van der Waals surface area contributed by atoms with Crippen LogP contribution in [0.4, 0.5) is 0 Å². The average Bonchev–Trinajstić information content (AvgIpc) is 2.72. The fraction of sp³-hybridized carbons (Fsp3) is 0.350. The summed E-state index contributed by atoms with van der Waals surface area (Å²) >= 11 is 0. The summed E-state index contributed by atoms with van der Waals surface area (Å²) in [6.45, 7) is 0.768. The van der Waals surface area contributed by atoms with Gasteiger partial charge in [-0.25, -0.2) is 0 Å². The van der Waals surface area contributed by atoms with Crippen LogP contribution in [0, 0.1) is 0 Å². The van der Waals surface area contributed by atoms with Crippen molar-refractivity contribution in [3.05, 3.63) is 71.8 Å². The summed E-state index contributed by atoms with van der Waals surface area (Å²) in [6.07, 6.45) is -1.21. The minimum atomic E-state index is -0.707. The summed E-state index contributed by atoms with van der Waals surface area (Å²) < 4.78 is 23.6. The van der Waals surface area contributed by atoms with Gasteiger partial charge in [-0.15, -0.1) is 0 Å². The largest absolute Gasteiger partial charge is 0.411 e. The summed E-state index contributed by atoms with van der Waals surface area (Å²) in [7, 11) is 0. The van der Waals surface area contributed by atoms with Gasteiger partial charge in [0.1, 0.15) is 11.8 Å². The van der Waals surface area contributed by atoms with Crippen LogP contribution in [-0.2, 0) is 25.6 Å². The van der Waals surface area contributed by atoms with E-state index in [-0.39, 0.29) is 12.2 Å². The number of hydrogen-bond donors (Lipinski definition) is 1. The van der Waals surface area contributed by atoms with Crippen LogP contribution < -0.4 is 0 Å². The number of benzene rings is 2. The van der Waals surface area contributed by atoms with E-state index in [1.807, 2.05) is 60.7 Å². The van der Waals surface area contributed by atoms with Gasteiger partial charge in [0.25, 0.3) is 0 Å².